The van der Waals surface area contributed by atoms with Crippen molar-refractivity contribution in [2.75, 3.05) is 0 Å². The molecule has 0 aromatic carbocycles. The molecule has 0 amide bonds. The minimum atomic E-state index is 0. The van der Waals surface area contributed by atoms with Gasteiger partial charge < -0.3 is 5.48 Å². The van der Waals surface area contributed by atoms with E-state index in [1.165, 1.54) is 0 Å². The molecule has 0 heterocycles. The zero-order valence-corrected chi connectivity index (χ0v) is 6.11. The third-order valence-electron chi connectivity index (χ3n) is 0. The van der Waals surface area contributed by atoms with Crippen LogP contribution in [0.3, 0.4) is 0 Å². The molecule has 0 rings (SSSR count). The second kappa shape index (κ2) is 23.2. The predicted octanol–water partition coefficient (Wildman–Crippen LogP) is -0.126. The maximum Gasteiger partial charge on any atom is 2.00 e. The summed E-state index contributed by atoms with van der Waals surface area (Å²) in [7, 11) is 0. The van der Waals surface area contributed by atoms with E-state index in [-0.39, 0.29) is 58.9 Å². The molecule has 0 spiro atoms. The monoisotopic (exact) mass is 319 g/mol. The predicted molar refractivity (Wildman–Crippen MR) is 0.686 cm³/mol. The van der Waals surface area contributed by atoms with Crippen LogP contribution in [0, 0.1) is 0 Å². The fraction of sp³-hybridized carbons (Fsp3) is 0. The Morgan fingerprint density at radius 1 is 1.00 bits per heavy atom. The summed E-state index contributed by atoms with van der Waals surface area (Å²) < 4.78 is 0. The largest absolute Gasteiger partial charge is 2.00 e. The van der Waals surface area contributed by atoms with E-state index in [4.69, 9.17) is 0 Å². The average Bonchev–Trinajstić information content (AvgIpc) is 0. The molecule has 0 atom stereocenters. The first-order chi connectivity index (χ1) is 0. The number of rotatable bonds is 0. The molecular weight excluding hydrogens is 320 g/mol. The van der Waals surface area contributed by atoms with Gasteiger partial charge >= 0.3 is 16.5 Å². The Hall–Kier alpha value is 1.61. The third kappa shape index (κ3) is 9.49. The van der Waals surface area contributed by atoms with Gasteiger partial charge in [0.15, 0.2) is 0 Å². The molecule has 0 saturated heterocycles. The fourth-order valence-corrected chi connectivity index (χ4v) is 0. The van der Waals surface area contributed by atoms with Crippen molar-refractivity contribution in [2.45, 2.75) is 0 Å². The molecule has 1 radical (unpaired) electrons. The van der Waals surface area contributed by atoms with Crippen LogP contribution < -0.4 is 0 Å². The molecule has 1 nitrogen and oxygen atoms in total. The van der Waals surface area contributed by atoms with E-state index >= 15 is 0 Å². The van der Waals surface area contributed by atoms with Crippen LogP contribution in [0.5, 0.6) is 0 Å². The van der Waals surface area contributed by atoms with Crippen LogP contribution in [-0.4, -0.2) is 0 Å². The quantitative estimate of drug-likeness (QED) is 0.557. The summed E-state index contributed by atoms with van der Waals surface area (Å²) in [5.41, 5.74) is 0. The molecule has 0 aliphatic rings. The smallest absolute Gasteiger partial charge is 2.00 e. The van der Waals surface area contributed by atoms with Crippen molar-refractivity contribution in [3.63, 3.8) is 0 Å². The molecule has 0 fully saturated rings. The van der Waals surface area contributed by atoms with Crippen molar-refractivity contribution >= 4 is 0 Å². The Morgan fingerprint density at radius 3 is 1.00 bits per heavy atom. The molecule has 0 saturated carbocycles. The second-order valence-electron chi connectivity index (χ2n) is 0. The van der Waals surface area contributed by atoms with E-state index in [1.807, 2.05) is 0 Å². The topological polar surface area (TPSA) is 28.5 Å². The van der Waals surface area contributed by atoms with Crippen molar-refractivity contribution in [3.05, 3.63) is 0 Å². The maximum absolute atomic E-state index is 0. The van der Waals surface area contributed by atoms with Gasteiger partial charge in [-0.3, -0.25) is 0 Å². The molecule has 0 aromatic heterocycles. The van der Waals surface area contributed by atoms with Gasteiger partial charge in [-0.05, 0) is 0 Å². The zero-order valence-electron chi connectivity index (χ0n) is 1.42. The minimum absolute atomic E-state index is 0. The zero-order chi connectivity index (χ0) is 0. The van der Waals surface area contributed by atoms with Crippen molar-refractivity contribution in [2.24, 2.45) is 0 Å². The molecule has 33 valence electrons. The first-order valence-electron chi connectivity index (χ1n) is 0. The first-order valence-corrected chi connectivity index (χ1v) is 0. The Balaban J connectivity index is 0. The summed E-state index contributed by atoms with van der Waals surface area (Å²) >= 11 is 0. The van der Waals surface area contributed by atoms with Crippen molar-refractivity contribution < 1.29 is 58.9 Å². The van der Waals surface area contributed by atoms with Crippen LogP contribution in [0.25, 0.3) is 0 Å². The van der Waals surface area contributed by atoms with Crippen LogP contribution in [0.4, 0.5) is 0 Å². The van der Waals surface area contributed by atoms with Crippen molar-refractivity contribution in [1.82, 2.24) is 0 Å². The van der Waals surface area contributed by atoms with Gasteiger partial charge in [-0.15, -0.1) is 0 Å². The molecule has 0 aromatic rings. The van der Waals surface area contributed by atoms with Gasteiger partial charge in [0.05, 0.1) is 0 Å². The Kier molecular flexibility index (Phi) is 267. The van der Waals surface area contributed by atoms with E-state index in [0.29, 0.717) is 0 Å². The Bertz CT molecular complexity index is 6.00. The first kappa shape index (κ1) is 46.0. The van der Waals surface area contributed by atoms with E-state index in [0.717, 1.165) is 0 Å². The van der Waals surface area contributed by atoms with Gasteiger partial charge in [0, 0.05) is 36.9 Å². The Labute approximate surface area is 58.7 Å². The minimum Gasteiger partial charge on any atom is -2.00 e. The normalized spacial score (nSPS) is 0. The summed E-state index contributed by atoms with van der Waals surface area (Å²) in [6, 6.07) is 0. The van der Waals surface area contributed by atoms with Crippen molar-refractivity contribution in [1.29, 1.82) is 0 Å². The van der Waals surface area contributed by atoms with Crippen molar-refractivity contribution in [3.8, 4) is 0 Å². The standard InChI is InChI=1S/2Ni.O.Re/q;+2;-2;. The van der Waals surface area contributed by atoms with Gasteiger partial charge in [-0.2, -0.15) is 0 Å². The van der Waals surface area contributed by atoms with Gasteiger partial charge in [0.1, 0.15) is 0 Å². The van der Waals surface area contributed by atoms with Crippen LogP contribution >= 0.6 is 0 Å². The molecule has 0 aliphatic carbocycles. The summed E-state index contributed by atoms with van der Waals surface area (Å²) in [5, 5.41) is 0. The molecule has 0 bridgehead atoms. The fourth-order valence-electron chi connectivity index (χ4n) is 0. The van der Waals surface area contributed by atoms with Crippen LogP contribution in [0.1, 0.15) is 0 Å². The van der Waals surface area contributed by atoms with E-state index in [2.05, 4.69) is 0 Å². The van der Waals surface area contributed by atoms with Gasteiger partial charge in [0.25, 0.3) is 0 Å². The molecule has 0 aliphatic heterocycles. The van der Waals surface area contributed by atoms with Gasteiger partial charge in [-0.1, -0.05) is 0 Å². The average molecular weight is 320 g/mol. The van der Waals surface area contributed by atoms with Gasteiger partial charge in [-0.25, -0.2) is 0 Å². The molecular formula is Ni2ORe. The van der Waals surface area contributed by atoms with E-state index in [9.17, 15) is 0 Å². The maximum atomic E-state index is 0. The molecule has 4 heteroatoms. The summed E-state index contributed by atoms with van der Waals surface area (Å²) in [6.45, 7) is 0. The summed E-state index contributed by atoms with van der Waals surface area (Å²) in [4.78, 5) is 0. The van der Waals surface area contributed by atoms with Crippen LogP contribution in [0.15, 0.2) is 0 Å². The molecule has 4 heavy (non-hydrogen) atoms. The van der Waals surface area contributed by atoms with Crippen LogP contribution in [0.2, 0.25) is 0 Å². The molecule has 0 unspecified atom stereocenters. The number of hydrogen-bond donors (Lipinski definition) is 0. The third-order valence-corrected chi connectivity index (χ3v) is 0. The second-order valence-corrected chi connectivity index (χ2v) is 0. The van der Waals surface area contributed by atoms with E-state index < -0.39 is 0 Å². The number of hydrogen-bond acceptors (Lipinski definition) is 0. The summed E-state index contributed by atoms with van der Waals surface area (Å²) in [6.07, 6.45) is 0. The van der Waals surface area contributed by atoms with Crippen LogP contribution in [-0.2, 0) is 58.9 Å². The van der Waals surface area contributed by atoms with Gasteiger partial charge in [0.2, 0.25) is 0 Å². The van der Waals surface area contributed by atoms with E-state index in [1.54, 1.807) is 0 Å². The Morgan fingerprint density at radius 2 is 1.00 bits per heavy atom. The summed E-state index contributed by atoms with van der Waals surface area (Å²) in [5.74, 6) is 0. The molecule has 0 N–H and O–H groups in total. The SMILES string of the molecule is [Ni+2].[Ni].[O-2].[Re].